The summed E-state index contributed by atoms with van der Waals surface area (Å²) in [6, 6.07) is 11.2. The predicted octanol–water partition coefficient (Wildman–Crippen LogP) is 3.69. The second-order valence-corrected chi connectivity index (χ2v) is 4.19. The van der Waals surface area contributed by atoms with Crippen LogP contribution in [0.1, 0.15) is 0 Å². The summed E-state index contributed by atoms with van der Waals surface area (Å²) >= 11 is 0. The Kier molecular flexibility index (Phi) is 2.72. The van der Waals surface area contributed by atoms with Gasteiger partial charge in [0, 0.05) is 24.8 Å². The first-order chi connectivity index (χ1) is 9.25. The first kappa shape index (κ1) is 11.4. The van der Waals surface area contributed by atoms with Crippen molar-refractivity contribution in [2.75, 3.05) is 0 Å². The summed E-state index contributed by atoms with van der Waals surface area (Å²) in [7, 11) is 1.84. The zero-order valence-corrected chi connectivity index (χ0v) is 10.4. The van der Waals surface area contributed by atoms with Crippen molar-refractivity contribution in [3.63, 3.8) is 0 Å². The van der Waals surface area contributed by atoms with Gasteiger partial charge in [-0.2, -0.15) is 0 Å². The van der Waals surface area contributed by atoms with Crippen molar-refractivity contribution in [1.29, 1.82) is 0 Å². The molecule has 94 valence electrons. The maximum Gasteiger partial charge on any atom is 0.249 e. The number of aromatic hydroxyl groups is 1. The van der Waals surface area contributed by atoms with E-state index in [0.29, 0.717) is 11.6 Å². The SMILES string of the molecule is Cn1ccnc1N=Nc1c(O)ccc2ccccc12. The number of phenols is 1. The van der Waals surface area contributed by atoms with E-state index in [1.807, 2.05) is 37.4 Å². The minimum Gasteiger partial charge on any atom is -0.506 e. The first-order valence-corrected chi connectivity index (χ1v) is 5.85. The summed E-state index contributed by atoms with van der Waals surface area (Å²) in [4.78, 5) is 4.06. The average molecular weight is 252 g/mol. The number of phenolic OH excluding ortho intramolecular Hbond substituents is 1. The number of benzene rings is 2. The Hall–Kier alpha value is -2.69. The summed E-state index contributed by atoms with van der Waals surface area (Å²) in [5, 5.41) is 20.0. The van der Waals surface area contributed by atoms with Crippen molar-refractivity contribution in [2.45, 2.75) is 0 Å². The quantitative estimate of drug-likeness (QED) is 0.707. The highest BCUT2D eigenvalue weighted by molar-refractivity contribution is 5.95. The van der Waals surface area contributed by atoms with Crippen LogP contribution in [0, 0.1) is 0 Å². The van der Waals surface area contributed by atoms with Crippen LogP contribution in [0.15, 0.2) is 59.0 Å². The van der Waals surface area contributed by atoms with E-state index in [1.165, 1.54) is 0 Å². The van der Waals surface area contributed by atoms with E-state index in [0.717, 1.165) is 10.8 Å². The molecule has 2 aromatic carbocycles. The summed E-state index contributed by atoms with van der Waals surface area (Å²) < 4.78 is 1.76. The third kappa shape index (κ3) is 2.06. The molecule has 5 heteroatoms. The van der Waals surface area contributed by atoms with Gasteiger partial charge in [0.05, 0.1) is 0 Å². The smallest absolute Gasteiger partial charge is 0.249 e. The fourth-order valence-corrected chi connectivity index (χ4v) is 1.90. The molecule has 1 N–H and O–H groups in total. The van der Waals surface area contributed by atoms with Crippen molar-refractivity contribution in [1.82, 2.24) is 9.55 Å². The van der Waals surface area contributed by atoms with Crippen LogP contribution >= 0.6 is 0 Å². The van der Waals surface area contributed by atoms with Gasteiger partial charge in [-0.05, 0) is 11.5 Å². The molecule has 1 heterocycles. The molecule has 3 aromatic rings. The van der Waals surface area contributed by atoms with Gasteiger partial charge in [-0.1, -0.05) is 30.3 Å². The van der Waals surface area contributed by atoms with Gasteiger partial charge < -0.3 is 9.67 Å². The third-order valence-corrected chi connectivity index (χ3v) is 2.91. The predicted molar refractivity (Wildman–Crippen MR) is 73.0 cm³/mol. The van der Waals surface area contributed by atoms with Crippen LogP contribution in [0.4, 0.5) is 11.6 Å². The topological polar surface area (TPSA) is 62.8 Å². The molecule has 0 unspecified atom stereocenters. The Morgan fingerprint density at radius 3 is 2.74 bits per heavy atom. The fraction of sp³-hybridized carbons (Fsp3) is 0.0714. The van der Waals surface area contributed by atoms with Crippen molar-refractivity contribution in [3.8, 4) is 5.75 Å². The Labute approximate surface area is 109 Å². The van der Waals surface area contributed by atoms with Crippen LogP contribution in [-0.2, 0) is 7.05 Å². The lowest BCUT2D eigenvalue weighted by atomic mass is 10.1. The summed E-state index contributed by atoms with van der Waals surface area (Å²) in [6.45, 7) is 0. The van der Waals surface area contributed by atoms with Gasteiger partial charge >= 0.3 is 0 Å². The van der Waals surface area contributed by atoms with Crippen LogP contribution in [-0.4, -0.2) is 14.7 Å². The highest BCUT2D eigenvalue weighted by Gasteiger charge is 2.06. The lowest BCUT2D eigenvalue weighted by Crippen LogP contribution is -1.82. The summed E-state index contributed by atoms with van der Waals surface area (Å²) in [5.74, 6) is 0.601. The van der Waals surface area contributed by atoms with E-state index < -0.39 is 0 Å². The van der Waals surface area contributed by atoms with E-state index in [1.54, 1.807) is 23.0 Å². The lowest BCUT2D eigenvalue weighted by Gasteiger charge is -2.03. The highest BCUT2D eigenvalue weighted by Crippen LogP contribution is 2.35. The number of nitrogens with zero attached hydrogens (tertiary/aromatic N) is 4. The Balaban J connectivity index is 2.12. The van der Waals surface area contributed by atoms with E-state index in [-0.39, 0.29) is 5.75 Å². The number of hydrogen-bond acceptors (Lipinski definition) is 4. The van der Waals surface area contributed by atoms with Crippen LogP contribution < -0.4 is 0 Å². The molecule has 0 amide bonds. The molecule has 0 fully saturated rings. The number of aryl methyl sites for hydroxylation is 1. The average Bonchev–Trinajstić information content (AvgIpc) is 2.83. The number of rotatable bonds is 2. The van der Waals surface area contributed by atoms with Crippen LogP contribution in [0.2, 0.25) is 0 Å². The zero-order valence-electron chi connectivity index (χ0n) is 10.4. The van der Waals surface area contributed by atoms with Gasteiger partial charge in [0.1, 0.15) is 11.4 Å². The lowest BCUT2D eigenvalue weighted by molar-refractivity contribution is 0.477. The van der Waals surface area contributed by atoms with Gasteiger partial charge in [-0.15, -0.1) is 10.2 Å². The molecule has 0 atom stereocenters. The molecular formula is C14H12N4O. The standard InChI is InChI=1S/C14H12N4O/c1-18-9-8-15-14(18)17-16-13-11-5-3-2-4-10(11)6-7-12(13)19/h2-9,19H,1H3. The van der Waals surface area contributed by atoms with Gasteiger partial charge in [0.15, 0.2) is 0 Å². The number of aromatic nitrogens is 2. The van der Waals surface area contributed by atoms with Gasteiger partial charge in [0.2, 0.25) is 5.95 Å². The molecule has 0 bridgehead atoms. The molecule has 0 aliphatic rings. The Morgan fingerprint density at radius 1 is 1.11 bits per heavy atom. The number of azo groups is 1. The molecule has 0 aliphatic heterocycles. The molecule has 1 aromatic heterocycles. The number of imidazole rings is 1. The first-order valence-electron chi connectivity index (χ1n) is 5.85. The van der Waals surface area contributed by atoms with E-state index in [9.17, 15) is 5.11 Å². The second-order valence-electron chi connectivity index (χ2n) is 4.19. The van der Waals surface area contributed by atoms with Crippen molar-refractivity contribution >= 4 is 22.4 Å². The maximum absolute atomic E-state index is 9.93. The minimum absolute atomic E-state index is 0.108. The van der Waals surface area contributed by atoms with Crippen LogP contribution in [0.3, 0.4) is 0 Å². The van der Waals surface area contributed by atoms with E-state index in [2.05, 4.69) is 15.2 Å². The van der Waals surface area contributed by atoms with Crippen LogP contribution in [0.5, 0.6) is 5.75 Å². The molecule has 3 rings (SSSR count). The Morgan fingerprint density at radius 2 is 1.95 bits per heavy atom. The van der Waals surface area contributed by atoms with Gasteiger partial charge in [0.25, 0.3) is 0 Å². The minimum atomic E-state index is 0.108. The Bertz CT molecular complexity index is 761. The molecule has 19 heavy (non-hydrogen) atoms. The van der Waals surface area contributed by atoms with E-state index >= 15 is 0 Å². The van der Waals surface area contributed by atoms with Crippen molar-refractivity contribution in [2.24, 2.45) is 17.3 Å². The molecule has 0 radical (unpaired) electrons. The second kappa shape index (κ2) is 4.53. The summed E-state index contributed by atoms with van der Waals surface area (Å²) in [6.07, 6.45) is 3.44. The van der Waals surface area contributed by atoms with Crippen LogP contribution in [0.25, 0.3) is 10.8 Å². The molecule has 0 spiro atoms. The molecule has 0 aliphatic carbocycles. The molecule has 0 saturated heterocycles. The fourth-order valence-electron chi connectivity index (χ4n) is 1.90. The van der Waals surface area contributed by atoms with Crippen molar-refractivity contribution < 1.29 is 5.11 Å². The molecule has 0 saturated carbocycles. The maximum atomic E-state index is 9.93. The molecule has 5 nitrogen and oxygen atoms in total. The van der Waals surface area contributed by atoms with E-state index in [4.69, 9.17) is 0 Å². The third-order valence-electron chi connectivity index (χ3n) is 2.91. The highest BCUT2D eigenvalue weighted by atomic mass is 16.3. The summed E-state index contributed by atoms with van der Waals surface area (Å²) in [5.41, 5.74) is 0.459. The van der Waals surface area contributed by atoms with Gasteiger partial charge in [-0.3, -0.25) is 0 Å². The number of hydrogen-bond donors (Lipinski definition) is 1. The molecular weight excluding hydrogens is 240 g/mol. The largest absolute Gasteiger partial charge is 0.506 e. The van der Waals surface area contributed by atoms with Gasteiger partial charge in [-0.25, -0.2) is 4.98 Å². The van der Waals surface area contributed by atoms with Crippen molar-refractivity contribution in [3.05, 3.63) is 48.8 Å². The zero-order chi connectivity index (χ0) is 13.2. The normalized spacial score (nSPS) is 11.4. The number of fused-ring (bicyclic) bond motifs is 1. The monoisotopic (exact) mass is 252 g/mol.